The van der Waals surface area contributed by atoms with Crippen molar-refractivity contribution < 1.29 is 10.2 Å². The maximum atomic E-state index is 9.63. The predicted molar refractivity (Wildman–Crippen MR) is 52.7 cm³/mol. The highest BCUT2D eigenvalue weighted by atomic mass is 16.3. The lowest BCUT2D eigenvalue weighted by Gasteiger charge is -2.12. The average molecular weight is 183 g/mol. The number of nitrogens with zero attached hydrogens (tertiary/aromatic N) is 1. The standard InChI is InChI=1S/C10H17NO2/c1-5(2)7-9(12)10(13)8(11-7)6(3)4/h5,9-10,12-13H,1-4H3/t9-,10?/m0/s1. The van der Waals surface area contributed by atoms with Gasteiger partial charge in [-0.3, -0.25) is 4.99 Å². The molecule has 0 spiro atoms. The van der Waals surface area contributed by atoms with Gasteiger partial charge in [-0.2, -0.15) is 0 Å². The van der Waals surface area contributed by atoms with E-state index in [1.807, 2.05) is 27.7 Å². The van der Waals surface area contributed by atoms with Crippen LogP contribution in [-0.2, 0) is 0 Å². The van der Waals surface area contributed by atoms with E-state index in [4.69, 9.17) is 0 Å². The van der Waals surface area contributed by atoms with Crippen LogP contribution in [0.3, 0.4) is 0 Å². The minimum absolute atomic E-state index is 0.182. The van der Waals surface area contributed by atoms with E-state index in [1.54, 1.807) is 0 Å². The summed E-state index contributed by atoms with van der Waals surface area (Å²) in [7, 11) is 0. The van der Waals surface area contributed by atoms with Gasteiger partial charge in [-0.25, -0.2) is 0 Å². The summed E-state index contributed by atoms with van der Waals surface area (Å²) in [5, 5.41) is 19.3. The number of aliphatic hydroxyl groups excluding tert-OH is 2. The van der Waals surface area contributed by atoms with Crippen molar-refractivity contribution in [2.45, 2.75) is 39.9 Å². The predicted octanol–water partition coefficient (Wildman–Crippen LogP) is 1.11. The van der Waals surface area contributed by atoms with E-state index in [0.29, 0.717) is 11.4 Å². The first-order valence-electron chi connectivity index (χ1n) is 4.57. The molecular weight excluding hydrogens is 166 g/mol. The lowest BCUT2D eigenvalue weighted by atomic mass is 10.0. The third-order valence-electron chi connectivity index (χ3n) is 2.24. The van der Waals surface area contributed by atoms with E-state index in [2.05, 4.69) is 4.99 Å². The summed E-state index contributed by atoms with van der Waals surface area (Å²) >= 11 is 0. The minimum Gasteiger partial charge on any atom is -0.384 e. The SMILES string of the molecule is CC(C)=C1N=C(C(C)C)[C@H](O)C1O. The molecule has 0 fully saturated rings. The Morgan fingerprint density at radius 2 is 1.77 bits per heavy atom. The van der Waals surface area contributed by atoms with Crippen molar-refractivity contribution in [3.63, 3.8) is 0 Å². The van der Waals surface area contributed by atoms with Gasteiger partial charge in [-0.15, -0.1) is 0 Å². The van der Waals surface area contributed by atoms with Gasteiger partial charge >= 0.3 is 0 Å². The Kier molecular flexibility index (Phi) is 2.88. The number of aliphatic imine (C=N–C) groups is 1. The van der Waals surface area contributed by atoms with Gasteiger partial charge in [0.15, 0.2) is 0 Å². The molecule has 74 valence electrons. The van der Waals surface area contributed by atoms with E-state index < -0.39 is 12.2 Å². The van der Waals surface area contributed by atoms with E-state index >= 15 is 0 Å². The van der Waals surface area contributed by atoms with Crippen LogP contribution < -0.4 is 0 Å². The molecule has 1 aliphatic rings. The number of hydrogen-bond acceptors (Lipinski definition) is 3. The van der Waals surface area contributed by atoms with E-state index in [1.165, 1.54) is 0 Å². The number of rotatable bonds is 1. The lowest BCUT2D eigenvalue weighted by Crippen LogP contribution is -2.31. The van der Waals surface area contributed by atoms with E-state index in [-0.39, 0.29) is 5.92 Å². The van der Waals surface area contributed by atoms with Crippen molar-refractivity contribution in [2.24, 2.45) is 10.9 Å². The summed E-state index contributed by atoms with van der Waals surface area (Å²) in [6.45, 7) is 7.70. The molecule has 0 aromatic heterocycles. The maximum absolute atomic E-state index is 9.63. The van der Waals surface area contributed by atoms with Crippen LogP contribution in [0.5, 0.6) is 0 Å². The van der Waals surface area contributed by atoms with Crippen LogP contribution in [0.25, 0.3) is 0 Å². The van der Waals surface area contributed by atoms with Crippen molar-refractivity contribution >= 4 is 5.71 Å². The fraction of sp³-hybridized carbons (Fsp3) is 0.700. The Bertz CT molecular complexity index is 262. The average Bonchev–Trinajstić information content (AvgIpc) is 2.29. The quantitative estimate of drug-likeness (QED) is 0.640. The molecule has 3 heteroatoms. The van der Waals surface area contributed by atoms with Gasteiger partial charge in [0.1, 0.15) is 12.2 Å². The highest BCUT2D eigenvalue weighted by molar-refractivity contribution is 5.94. The molecule has 1 heterocycles. The van der Waals surface area contributed by atoms with E-state index in [9.17, 15) is 10.2 Å². The molecule has 0 aliphatic carbocycles. The Balaban J connectivity index is 3.03. The minimum atomic E-state index is -0.831. The first-order chi connectivity index (χ1) is 5.95. The highest BCUT2D eigenvalue weighted by Crippen LogP contribution is 2.24. The Labute approximate surface area is 78.8 Å². The molecule has 1 unspecified atom stereocenters. The number of aliphatic hydroxyl groups is 2. The molecule has 0 aromatic rings. The number of allylic oxidation sites excluding steroid dienone is 1. The number of hydrogen-bond donors (Lipinski definition) is 2. The molecule has 0 bridgehead atoms. The van der Waals surface area contributed by atoms with Crippen LogP contribution in [0.1, 0.15) is 27.7 Å². The van der Waals surface area contributed by atoms with Crippen molar-refractivity contribution in [2.75, 3.05) is 0 Å². The van der Waals surface area contributed by atoms with Crippen LogP contribution >= 0.6 is 0 Å². The smallest absolute Gasteiger partial charge is 0.127 e. The van der Waals surface area contributed by atoms with Crippen molar-refractivity contribution in [3.05, 3.63) is 11.3 Å². The van der Waals surface area contributed by atoms with Crippen molar-refractivity contribution in [3.8, 4) is 0 Å². The van der Waals surface area contributed by atoms with Crippen molar-refractivity contribution in [1.82, 2.24) is 0 Å². The van der Waals surface area contributed by atoms with Gasteiger partial charge in [0.25, 0.3) is 0 Å². The second-order valence-electron chi connectivity index (χ2n) is 3.97. The van der Waals surface area contributed by atoms with Gasteiger partial charge in [-0.1, -0.05) is 19.4 Å². The lowest BCUT2D eigenvalue weighted by molar-refractivity contribution is 0.0902. The summed E-state index contributed by atoms with van der Waals surface area (Å²) in [5.41, 5.74) is 2.27. The molecule has 1 rings (SSSR count). The first-order valence-corrected chi connectivity index (χ1v) is 4.57. The summed E-state index contributed by atoms with van der Waals surface area (Å²) in [6.07, 6.45) is -1.65. The topological polar surface area (TPSA) is 52.8 Å². The molecule has 13 heavy (non-hydrogen) atoms. The molecule has 3 nitrogen and oxygen atoms in total. The summed E-state index contributed by atoms with van der Waals surface area (Å²) in [5.74, 6) is 0.182. The fourth-order valence-corrected chi connectivity index (χ4v) is 1.46. The largest absolute Gasteiger partial charge is 0.384 e. The van der Waals surface area contributed by atoms with Crippen LogP contribution in [0, 0.1) is 5.92 Å². The zero-order valence-corrected chi connectivity index (χ0v) is 8.57. The summed E-state index contributed by atoms with van der Waals surface area (Å²) in [4.78, 5) is 4.25. The molecule has 1 aliphatic heterocycles. The second-order valence-corrected chi connectivity index (χ2v) is 3.97. The molecule has 0 radical (unpaired) electrons. The molecule has 2 N–H and O–H groups in total. The summed E-state index contributed by atoms with van der Waals surface area (Å²) in [6, 6.07) is 0. The van der Waals surface area contributed by atoms with Crippen LogP contribution in [-0.4, -0.2) is 28.1 Å². The molecule has 0 amide bonds. The van der Waals surface area contributed by atoms with Gasteiger partial charge in [0.05, 0.1) is 11.4 Å². The highest BCUT2D eigenvalue weighted by Gasteiger charge is 2.33. The molecule has 2 atom stereocenters. The molecule has 0 saturated carbocycles. The zero-order chi connectivity index (χ0) is 10.2. The zero-order valence-electron chi connectivity index (χ0n) is 8.57. The van der Waals surface area contributed by atoms with Crippen molar-refractivity contribution in [1.29, 1.82) is 0 Å². The van der Waals surface area contributed by atoms with Crippen LogP contribution in [0.2, 0.25) is 0 Å². The monoisotopic (exact) mass is 183 g/mol. The molecular formula is C10H17NO2. The van der Waals surface area contributed by atoms with Gasteiger partial charge in [0, 0.05) is 0 Å². The maximum Gasteiger partial charge on any atom is 0.127 e. The normalized spacial score (nSPS) is 28.2. The Hall–Kier alpha value is -0.670. The van der Waals surface area contributed by atoms with Crippen LogP contribution in [0.15, 0.2) is 16.3 Å². The summed E-state index contributed by atoms with van der Waals surface area (Å²) < 4.78 is 0. The molecule has 0 saturated heterocycles. The fourth-order valence-electron chi connectivity index (χ4n) is 1.46. The van der Waals surface area contributed by atoms with Crippen LogP contribution in [0.4, 0.5) is 0 Å². The third kappa shape index (κ3) is 1.81. The second kappa shape index (κ2) is 3.60. The first kappa shape index (κ1) is 10.4. The third-order valence-corrected chi connectivity index (χ3v) is 2.24. The Morgan fingerprint density at radius 1 is 1.23 bits per heavy atom. The van der Waals surface area contributed by atoms with Gasteiger partial charge in [0.2, 0.25) is 0 Å². The van der Waals surface area contributed by atoms with E-state index in [0.717, 1.165) is 5.57 Å². The van der Waals surface area contributed by atoms with Gasteiger partial charge in [-0.05, 0) is 19.8 Å². The Morgan fingerprint density at radius 3 is 2.00 bits per heavy atom. The molecule has 0 aromatic carbocycles. The van der Waals surface area contributed by atoms with Gasteiger partial charge < -0.3 is 10.2 Å².